The molecule has 0 aliphatic carbocycles. The molecule has 0 aliphatic rings. The first-order valence-electron chi connectivity index (χ1n) is 5.00. The minimum atomic E-state index is -1.27. The van der Waals surface area contributed by atoms with E-state index in [2.05, 4.69) is 5.32 Å². The van der Waals surface area contributed by atoms with Gasteiger partial charge < -0.3 is 21.3 Å². The number of carboxylic acids is 1. The Bertz CT molecular complexity index is 420. The van der Waals surface area contributed by atoms with E-state index >= 15 is 0 Å². The molecular formula is C11H14N2O4. The van der Waals surface area contributed by atoms with Crippen LogP contribution in [0, 0.1) is 0 Å². The lowest BCUT2D eigenvalue weighted by Crippen LogP contribution is -2.43. The van der Waals surface area contributed by atoms with E-state index in [1.165, 1.54) is 0 Å². The van der Waals surface area contributed by atoms with Crippen molar-refractivity contribution in [1.29, 1.82) is 0 Å². The zero-order chi connectivity index (χ0) is 12.8. The van der Waals surface area contributed by atoms with Gasteiger partial charge in [0.25, 0.3) is 0 Å². The number of aliphatic carboxylic acids is 1. The summed E-state index contributed by atoms with van der Waals surface area (Å²) < 4.78 is 0. The molecule has 1 rings (SSSR count). The first kappa shape index (κ1) is 13.0. The molecule has 6 heteroatoms. The van der Waals surface area contributed by atoms with Gasteiger partial charge in [-0.2, -0.15) is 0 Å². The molecule has 1 aromatic carbocycles. The van der Waals surface area contributed by atoms with Crippen LogP contribution in [0.5, 0.6) is 0 Å². The lowest BCUT2D eigenvalue weighted by molar-refractivity contribution is -0.142. The highest BCUT2D eigenvalue weighted by molar-refractivity contribution is 5.85. The van der Waals surface area contributed by atoms with Crippen LogP contribution < -0.4 is 11.1 Å². The van der Waals surface area contributed by atoms with Gasteiger partial charge in [-0.25, -0.2) is 4.79 Å². The number of nitrogen functional groups attached to an aromatic ring is 1. The Balaban J connectivity index is 2.58. The molecule has 92 valence electrons. The number of carbonyl (C=O) groups excluding carboxylic acids is 1. The van der Waals surface area contributed by atoms with E-state index in [1.54, 1.807) is 24.3 Å². The van der Waals surface area contributed by atoms with Crippen molar-refractivity contribution in [3.05, 3.63) is 29.8 Å². The summed E-state index contributed by atoms with van der Waals surface area (Å²) in [6.45, 7) is -0.641. The summed E-state index contributed by atoms with van der Waals surface area (Å²) in [4.78, 5) is 22.0. The van der Waals surface area contributed by atoms with Crippen molar-refractivity contribution in [2.75, 3.05) is 12.3 Å². The third kappa shape index (κ3) is 4.12. The van der Waals surface area contributed by atoms with Crippen molar-refractivity contribution >= 4 is 17.6 Å². The van der Waals surface area contributed by atoms with Crippen LogP contribution in [-0.2, 0) is 16.0 Å². The van der Waals surface area contributed by atoms with Crippen molar-refractivity contribution < 1.29 is 19.8 Å². The SMILES string of the molecule is Nc1cccc(CC(=O)N[C@@H](CO)C(=O)O)c1. The average Bonchev–Trinajstić information content (AvgIpc) is 2.25. The normalized spacial score (nSPS) is 11.8. The Morgan fingerprint density at radius 3 is 2.65 bits per heavy atom. The fraction of sp³-hybridized carbons (Fsp3) is 0.273. The second-order valence-corrected chi connectivity index (χ2v) is 3.56. The first-order chi connectivity index (χ1) is 8.02. The van der Waals surface area contributed by atoms with Crippen LogP contribution in [0.4, 0.5) is 5.69 Å². The molecule has 0 aromatic heterocycles. The summed E-state index contributed by atoms with van der Waals surface area (Å²) >= 11 is 0. The number of benzene rings is 1. The van der Waals surface area contributed by atoms with Gasteiger partial charge >= 0.3 is 5.97 Å². The maximum atomic E-state index is 11.5. The second kappa shape index (κ2) is 5.86. The van der Waals surface area contributed by atoms with Crippen LogP contribution in [0.15, 0.2) is 24.3 Å². The minimum absolute atomic E-state index is 0.0226. The van der Waals surface area contributed by atoms with E-state index in [0.717, 1.165) is 0 Å². The summed E-state index contributed by atoms with van der Waals surface area (Å²) in [6, 6.07) is 5.47. The molecule has 5 N–H and O–H groups in total. The maximum absolute atomic E-state index is 11.5. The highest BCUT2D eigenvalue weighted by Gasteiger charge is 2.18. The van der Waals surface area contributed by atoms with Crippen molar-refractivity contribution in [2.45, 2.75) is 12.5 Å². The van der Waals surface area contributed by atoms with Crippen LogP contribution in [0.2, 0.25) is 0 Å². The summed E-state index contributed by atoms with van der Waals surface area (Å²) in [5, 5.41) is 19.6. The smallest absolute Gasteiger partial charge is 0.328 e. The number of hydrogen-bond donors (Lipinski definition) is 4. The molecule has 1 aromatic rings. The predicted octanol–water partition coefficient (Wildman–Crippen LogP) is -0.627. The average molecular weight is 238 g/mol. The molecule has 0 spiro atoms. The Kier molecular flexibility index (Phi) is 4.47. The Labute approximate surface area is 98.1 Å². The van der Waals surface area contributed by atoms with Crippen molar-refractivity contribution in [3.63, 3.8) is 0 Å². The summed E-state index contributed by atoms with van der Waals surface area (Å²) in [7, 11) is 0. The summed E-state index contributed by atoms with van der Waals surface area (Å²) in [6.07, 6.45) is 0.0226. The lowest BCUT2D eigenvalue weighted by atomic mass is 10.1. The van der Waals surface area contributed by atoms with Gasteiger partial charge in [-0.1, -0.05) is 12.1 Å². The van der Waals surface area contributed by atoms with Crippen LogP contribution in [0.1, 0.15) is 5.56 Å². The molecule has 1 amide bonds. The van der Waals surface area contributed by atoms with Gasteiger partial charge in [-0.3, -0.25) is 4.79 Å². The molecule has 0 saturated heterocycles. The number of aliphatic hydroxyl groups is 1. The van der Waals surface area contributed by atoms with Crippen LogP contribution in [0.25, 0.3) is 0 Å². The number of aliphatic hydroxyl groups excluding tert-OH is 1. The van der Waals surface area contributed by atoms with Crippen molar-refractivity contribution in [1.82, 2.24) is 5.32 Å². The largest absolute Gasteiger partial charge is 0.480 e. The van der Waals surface area contributed by atoms with Crippen LogP contribution in [-0.4, -0.2) is 34.7 Å². The molecule has 0 aliphatic heterocycles. The summed E-state index contributed by atoms with van der Waals surface area (Å²) in [5.41, 5.74) is 6.76. The number of carboxylic acid groups (broad SMARTS) is 1. The molecule has 0 unspecified atom stereocenters. The standard InChI is InChI=1S/C11H14N2O4/c12-8-3-1-2-7(4-8)5-10(15)13-9(6-14)11(16)17/h1-4,9,14H,5-6,12H2,(H,13,15)(H,16,17)/t9-/m0/s1. The molecule has 0 saturated carbocycles. The molecule has 0 fully saturated rings. The number of anilines is 1. The van der Waals surface area contributed by atoms with Gasteiger partial charge in [0.1, 0.15) is 6.04 Å². The monoisotopic (exact) mass is 238 g/mol. The third-order valence-electron chi connectivity index (χ3n) is 2.13. The molecule has 0 bridgehead atoms. The molecule has 0 heterocycles. The fourth-order valence-electron chi connectivity index (χ4n) is 1.32. The fourth-order valence-corrected chi connectivity index (χ4v) is 1.32. The van der Waals surface area contributed by atoms with Crippen molar-refractivity contribution in [3.8, 4) is 0 Å². The second-order valence-electron chi connectivity index (χ2n) is 3.56. The Hall–Kier alpha value is -2.08. The maximum Gasteiger partial charge on any atom is 0.328 e. The van der Waals surface area contributed by atoms with E-state index in [4.69, 9.17) is 15.9 Å². The van der Waals surface area contributed by atoms with Crippen LogP contribution >= 0.6 is 0 Å². The molecule has 0 radical (unpaired) electrons. The van der Waals surface area contributed by atoms with Gasteiger partial charge in [0.2, 0.25) is 5.91 Å². The zero-order valence-electron chi connectivity index (χ0n) is 9.09. The predicted molar refractivity (Wildman–Crippen MR) is 61.2 cm³/mol. The highest BCUT2D eigenvalue weighted by atomic mass is 16.4. The van der Waals surface area contributed by atoms with Gasteiger partial charge in [0.05, 0.1) is 13.0 Å². The highest BCUT2D eigenvalue weighted by Crippen LogP contribution is 2.07. The van der Waals surface area contributed by atoms with Gasteiger partial charge in [0.15, 0.2) is 0 Å². The van der Waals surface area contributed by atoms with E-state index in [0.29, 0.717) is 11.3 Å². The topological polar surface area (TPSA) is 113 Å². The van der Waals surface area contributed by atoms with Crippen molar-refractivity contribution in [2.24, 2.45) is 0 Å². The zero-order valence-corrected chi connectivity index (χ0v) is 9.09. The molecule has 1 atom stereocenters. The summed E-state index contributed by atoms with van der Waals surface area (Å²) in [5.74, 6) is -1.74. The number of amides is 1. The van der Waals surface area contributed by atoms with E-state index in [1.807, 2.05) is 0 Å². The Morgan fingerprint density at radius 1 is 1.41 bits per heavy atom. The lowest BCUT2D eigenvalue weighted by Gasteiger charge is -2.11. The van der Waals surface area contributed by atoms with E-state index < -0.39 is 24.5 Å². The van der Waals surface area contributed by atoms with E-state index in [9.17, 15) is 9.59 Å². The number of hydrogen-bond acceptors (Lipinski definition) is 4. The molecule has 17 heavy (non-hydrogen) atoms. The third-order valence-corrected chi connectivity index (χ3v) is 2.13. The Morgan fingerprint density at radius 2 is 2.12 bits per heavy atom. The number of carbonyl (C=O) groups is 2. The van der Waals surface area contributed by atoms with Gasteiger partial charge in [-0.05, 0) is 17.7 Å². The number of rotatable bonds is 5. The molecular weight excluding hydrogens is 224 g/mol. The number of nitrogens with two attached hydrogens (primary N) is 1. The first-order valence-corrected chi connectivity index (χ1v) is 5.00. The minimum Gasteiger partial charge on any atom is -0.480 e. The number of nitrogens with one attached hydrogen (secondary N) is 1. The van der Waals surface area contributed by atoms with Crippen LogP contribution in [0.3, 0.4) is 0 Å². The van der Waals surface area contributed by atoms with Gasteiger partial charge in [-0.15, -0.1) is 0 Å². The van der Waals surface area contributed by atoms with Gasteiger partial charge in [0, 0.05) is 5.69 Å². The molecule has 6 nitrogen and oxygen atoms in total. The quantitative estimate of drug-likeness (QED) is 0.510. The van der Waals surface area contributed by atoms with E-state index in [-0.39, 0.29) is 6.42 Å².